The predicted octanol–water partition coefficient (Wildman–Crippen LogP) is 2.65. The van der Waals surface area contributed by atoms with Crippen LogP contribution in [-0.4, -0.2) is 40.0 Å². The third-order valence-electron chi connectivity index (χ3n) is 3.11. The number of hydrogen-bond donors (Lipinski definition) is 1. The van der Waals surface area contributed by atoms with Crippen molar-refractivity contribution in [2.24, 2.45) is 7.05 Å². The monoisotopic (exact) mass is 329 g/mol. The molecule has 0 bridgehead atoms. The van der Waals surface area contributed by atoms with Crippen molar-refractivity contribution in [1.29, 1.82) is 0 Å². The largest absolute Gasteiger partial charge is 0.433 e. The van der Waals surface area contributed by atoms with E-state index in [1.54, 1.807) is 27.3 Å². The molecule has 126 valence electrons. The number of ether oxygens (including phenoxy) is 1. The van der Waals surface area contributed by atoms with Gasteiger partial charge in [-0.05, 0) is 19.4 Å². The SMILES string of the molecule is COCCCNc1nc(-c2cn(C)nc2C)cc(C(F)(F)F)n1. The van der Waals surface area contributed by atoms with Crippen molar-refractivity contribution in [1.82, 2.24) is 19.7 Å². The molecule has 0 saturated heterocycles. The standard InChI is InChI=1S/C14H18F3N5O/c1-9-10(8-22(2)21-9)11-7-12(14(15,16)17)20-13(19-11)18-5-4-6-23-3/h7-8H,4-6H2,1-3H3,(H,18,19,20). The highest BCUT2D eigenvalue weighted by Gasteiger charge is 2.34. The number of anilines is 1. The second-order valence-electron chi connectivity index (χ2n) is 5.03. The fraction of sp³-hybridized carbons (Fsp3) is 0.500. The summed E-state index contributed by atoms with van der Waals surface area (Å²) in [4.78, 5) is 7.72. The third kappa shape index (κ3) is 4.41. The van der Waals surface area contributed by atoms with Crippen LogP contribution in [0.2, 0.25) is 0 Å². The van der Waals surface area contributed by atoms with E-state index in [1.165, 1.54) is 4.68 Å². The Morgan fingerprint density at radius 3 is 2.61 bits per heavy atom. The van der Waals surface area contributed by atoms with Crippen molar-refractivity contribution in [2.45, 2.75) is 19.5 Å². The molecular formula is C14H18F3N5O. The molecule has 0 fully saturated rings. The quantitative estimate of drug-likeness (QED) is 0.826. The molecular weight excluding hydrogens is 311 g/mol. The van der Waals surface area contributed by atoms with Gasteiger partial charge < -0.3 is 10.1 Å². The molecule has 0 radical (unpaired) electrons. The van der Waals surface area contributed by atoms with Gasteiger partial charge in [0.15, 0.2) is 5.69 Å². The molecule has 2 aromatic heterocycles. The number of nitrogens with one attached hydrogen (secondary N) is 1. The maximum Gasteiger partial charge on any atom is 0.433 e. The van der Waals surface area contributed by atoms with E-state index in [-0.39, 0.29) is 11.6 Å². The Morgan fingerprint density at radius 1 is 1.30 bits per heavy atom. The maximum absolute atomic E-state index is 13.1. The summed E-state index contributed by atoms with van der Waals surface area (Å²) in [7, 11) is 3.26. The van der Waals surface area contributed by atoms with E-state index < -0.39 is 11.9 Å². The molecule has 0 aliphatic rings. The summed E-state index contributed by atoms with van der Waals surface area (Å²) in [6, 6.07) is 0.935. The Kier molecular flexibility index (Phi) is 5.19. The van der Waals surface area contributed by atoms with Gasteiger partial charge in [0.1, 0.15) is 0 Å². The average molecular weight is 329 g/mol. The minimum Gasteiger partial charge on any atom is -0.385 e. The minimum absolute atomic E-state index is 0.0609. The van der Waals surface area contributed by atoms with Gasteiger partial charge in [-0.25, -0.2) is 9.97 Å². The second kappa shape index (κ2) is 6.95. The molecule has 6 nitrogen and oxygen atoms in total. The molecule has 0 aliphatic heterocycles. The maximum atomic E-state index is 13.1. The topological polar surface area (TPSA) is 64.9 Å². The molecule has 9 heteroatoms. The summed E-state index contributed by atoms with van der Waals surface area (Å²) in [5.41, 5.74) is 0.345. The first-order chi connectivity index (χ1) is 10.8. The highest BCUT2D eigenvalue weighted by molar-refractivity contribution is 5.62. The highest BCUT2D eigenvalue weighted by Crippen LogP contribution is 2.31. The molecule has 2 heterocycles. The zero-order valence-corrected chi connectivity index (χ0v) is 13.1. The zero-order valence-electron chi connectivity index (χ0n) is 13.1. The number of hydrogen-bond acceptors (Lipinski definition) is 5. The Balaban J connectivity index is 2.35. The van der Waals surface area contributed by atoms with Crippen LogP contribution in [0.15, 0.2) is 12.3 Å². The number of aryl methyl sites for hydroxylation is 2. The molecule has 0 aromatic carbocycles. The Labute approximate surface area is 131 Å². The molecule has 2 aromatic rings. The first-order valence-electron chi connectivity index (χ1n) is 7.01. The van der Waals surface area contributed by atoms with Crippen molar-refractivity contribution in [3.63, 3.8) is 0 Å². The lowest BCUT2D eigenvalue weighted by molar-refractivity contribution is -0.141. The fourth-order valence-electron chi connectivity index (χ4n) is 2.08. The lowest BCUT2D eigenvalue weighted by Gasteiger charge is -2.11. The van der Waals surface area contributed by atoms with Gasteiger partial charge in [0.05, 0.1) is 11.4 Å². The number of methoxy groups -OCH3 is 1. The first kappa shape index (κ1) is 17.2. The van der Waals surface area contributed by atoms with Crippen molar-refractivity contribution < 1.29 is 17.9 Å². The molecule has 0 spiro atoms. The van der Waals surface area contributed by atoms with Gasteiger partial charge in [0, 0.05) is 39.1 Å². The lowest BCUT2D eigenvalue weighted by atomic mass is 10.1. The van der Waals surface area contributed by atoms with Crippen LogP contribution in [0.25, 0.3) is 11.3 Å². The number of aromatic nitrogens is 4. The molecule has 0 amide bonds. The van der Waals surface area contributed by atoms with E-state index in [0.29, 0.717) is 30.8 Å². The summed E-state index contributed by atoms with van der Waals surface area (Å²) < 4.78 is 45.6. The van der Waals surface area contributed by atoms with Crippen molar-refractivity contribution in [3.05, 3.63) is 23.7 Å². The summed E-state index contributed by atoms with van der Waals surface area (Å²) in [6.07, 6.45) is -2.28. The van der Waals surface area contributed by atoms with E-state index in [1.807, 2.05) is 0 Å². The normalized spacial score (nSPS) is 11.7. The van der Waals surface area contributed by atoms with Crippen molar-refractivity contribution in [3.8, 4) is 11.3 Å². The number of alkyl halides is 3. The number of halogens is 3. The molecule has 23 heavy (non-hydrogen) atoms. The average Bonchev–Trinajstić information content (AvgIpc) is 2.81. The van der Waals surface area contributed by atoms with Gasteiger partial charge in [-0.15, -0.1) is 0 Å². The second-order valence-corrected chi connectivity index (χ2v) is 5.03. The summed E-state index contributed by atoms with van der Waals surface area (Å²) in [6.45, 7) is 2.64. The van der Waals surface area contributed by atoms with E-state index in [9.17, 15) is 13.2 Å². The third-order valence-corrected chi connectivity index (χ3v) is 3.11. The van der Waals surface area contributed by atoms with Crippen LogP contribution in [0.3, 0.4) is 0 Å². The van der Waals surface area contributed by atoms with Gasteiger partial charge in [0.2, 0.25) is 5.95 Å². The van der Waals surface area contributed by atoms with E-state index in [0.717, 1.165) is 6.07 Å². The van der Waals surface area contributed by atoms with Gasteiger partial charge >= 0.3 is 6.18 Å². The van der Waals surface area contributed by atoms with Crippen LogP contribution in [-0.2, 0) is 18.0 Å². The molecule has 2 rings (SSSR count). The van der Waals surface area contributed by atoms with Crippen LogP contribution in [0.1, 0.15) is 17.8 Å². The smallest absolute Gasteiger partial charge is 0.385 e. The van der Waals surface area contributed by atoms with Crippen LogP contribution in [0, 0.1) is 6.92 Å². The summed E-state index contributed by atoms with van der Waals surface area (Å²) >= 11 is 0. The molecule has 0 aliphatic carbocycles. The summed E-state index contributed by atoms with van der Waals surface area (Å²) in [5, 5.41) is 6.93. The van der Waals surface area contributed by atoms with Gasteiger partial charge in [-0.3, -0.25) is 4.68 Å². The van der Waals surface area contributed by atoms with E-state index >= 15 is 0 Å². The molecule has 0 unspecified atom stereocenters. The molecule has 0 saturated carbocycles. The molecule has 1 N–H and O–H groups in total. The Bertz CT molecular complexity index is 669. The number of nitrogens with zero attached hydrogens (tertiary/aromatic N) is 4. The first-order valence-corrected chi connectivity index (χ1v) is 7.01. The van der Waals surface area contributed by atoms with Gasteiger partial charge in [-0.1, -0.05) is 0 Å². The summed E-state index contributed by atoms with van der Waals surface area (Å²) in [5.74, 6) is -0.0609. The Hall–Kier alpha value is -2.16. The van der Waals surface area contributed by atoms with Crippen LogP contribution in [0.4, 0.5) is 19.1 Å². The van der Waals surface area contributed by atoms with Crippen LogP contribution in [0.5, 0.6) is 0 Å². The van der Waals surface area contributed by atoms with Crippen LogP contribution >= 0.6 is 0 Å². The van der Waals surface area contributed by atoms with Crippen molar-refractivity contribution >= 4 is 5.95 Å². The van der Waals surface area contributed by atoms with E-state index in [4.69, 9.17) is 4.74 Å². The van der Waals surface area contributed by atoms with Crippen molar-refractivity contribution in [2.75, 3.05) is 25.6 Å². The minimum atomic E-state index is -4.54. The van der Waals surface area contributed by atoms with Gasteiger partial charge in [0.25, 0.3) is 0 Å². The number of rotatable bonds is 6. The molecule has 0 atom stereocenters. The zero-order chi connectivity index (χ0) is 17.0. The fourth-order valence-corrected chi connectivity index (χ4v) is 2.08. The lowest BCUT2D eigenvalue weighted by Crippen LogP contribution is -2.14. The predicted molar refractivity (Wildman–Crippen MR) is 79.0 cm³/mol. The van der Waals surface area contributed by atoms with E-state index in [2.05, 4.69) is 20.4 Å². The van der Waals surface area contributed by atoms with Crippen LogP contribution < -0.4 is 5.32 Å². The Morgan fingerprint density at radius 2 is 2.04 bits per heavy atom. The van der Waals surface area contributed by atoms with Gasteiger partial charge in [-0.2, -0.15) is 18.3 Å². The highest BCUT2D eigenvalue weighted by atomic mass is 19.4.